The van der Waals surface area contributed by atoms with E-state index in [0.29, 0.717) is 65.1 Å². The number of rotatable bonds is 12. The highest BCUT2D eigenvalue weighted by Gasteiger charge is 2.37. The van der Waals surface area contributed by atoms with Crippen molar-refractivity contribution in [1.29, 1.82) is 0 Å². The van der Waals surface area contributed by atoms with Gasteiger partial charge in [0.05, 0.1) is 97.9 Å². The van der Waals surface area contributed by atoms with Gasteiger partial charge in [-0.3, -0.25) is 38.8 Å². The van der Waals surface area contributed by atoms with E-state index in [1.54, 1.807) is 25.3 Å². The Labute approximate surface area is 678 Å². The van der Waals surface area contributed by atoms with Crippen molar-refractivity contribution >= 4 is 99.1 Å². The van der Waals surface area contributed by atoms with Gasteiger partial charge < -0.3 is 46.1 Å². The number of allylic oxidation sites excluding steroid dienone is 2. The van der Waals surface area contributed by atoms with Gasteiger partial charge in [-0.2, -0.15) is 76.1 Å². The number of carbonyl (C=O) groups excluding carboxylic acids is 6. The van der Waals surface area contributed by atoms with Crippen LogP contribution in [0.2, 0.25) is 10.3 Å². The predicted molar refractivity (Wildman–Crippen MR) is 386 cm³/mol. The number of nitrogens with one attached hydrogen (secondary N) is 3. The quantitative estimate of drug-likeness (QED) is 0.0489. The molecule has 642 valence electrons. The minimum atomic E-state index is -4.93. The second-order valence-corrected chi connectivity index (χ2v) is 24.4. The number of aromatic carboxylic acids is 1. The molecule has 47 heteroatoms. The van der Waals surface area contributed by atoms with Gasteiger partial charge in [0.1, 0.15) is 65.1 Å². The largest absolute Gasteiger partial charge is 0.573 e. The standard InChI is InChI=1S/C21H14F6N2O4.C13H8F4N2O2.C12H6ClF4N3O.C8H3ClF4O.C8H4F4O2.C8H10O2.C4H4ClN3/c1-11-6-15(33-21(25,26)27)3-5-17(11)32-18-7-12(20(22,23)24)2-4-16(18)19(31)29-13-8-14(30)10-28-9-13;14-11-3-7(13(15,16)17)1-2-10(11)12(21)19-8-4-9(20)6-18-5-8;13-10-4-7(5-18-20-10)19-11(21)8-2-1-6(3-9(8)14)12(15,16)17;9-7(14)5-2-1-4(3-6(5)10)8(11,12)13;9-6-3-4(8(10,11)12)1-2-5(6)7(13)14;1-6-5-7(10-2)3-4-8(6)9;5-4-1-3(6)2-7-8-4/h2-9H,10H2,1H3,(H,29,31);1-5H,6H2,(H,19,21);1-5H,(H,19,20,21);1-3H;1-3H,(H,13,14);3-5,9H,1-2H3;1-2H,(H2,6,8). The van der Waals surface area contributed by atoms with Crippen LogP contribution >= 0.6 is 34.8 Å². The van der Waals surface area contributed by atoms with Crippen molar-refractivity contribution in [2.45, 2.75) is 51.1 Å². The van der Waals surface area contributed by atoms with E-state index in [2.05, 4.69) is 51.1 Å². The number of phenols is 1. The van der Waals surface area contributed by atoms with E-state index in [9.17, 15) is 130 Å². The topological polar surface area (TPSA) is 326 Å². The number of hydrogen-bond acceptors (Lipinski definition) is 18. The number of aromatic nitrogens is 4. The van der Waals surface area contributed by atoms with Crippen LogP contribution in [0.4, 0.5) is 108 Å². The van der Waals surface area contributed by atoms with Gasteiger partial charge in [0.15, 0.2) is 21.9 Å². The smallest absolute Gasteiger partial charge is 0.508 e. The Balaban J connectivity index is 0.000000263. The molecule has 0 radical (unpaired) electrons. The third kappa shape index (κ3) is 32.2. The van der Waals surface area contributed by atoms with Crippen LogP contribution in [0.15, 0.2) is 185 Å². The van der Waals surface area contributed by atoms with Crippen molar-refractivity contribution in [3.05, 3.63) is 276 Å². The number of benzene rings is 7. The number of dihydropyridines is 2. The number of carboxylic acid groups (broad SMARTS) is 1. The molecule has 9 aromatic rings. The number of nitrogen functional groups attached to an aromatic ring is 1. The number of aromatic hydroxyl groups is 1. The minimum Gasteiger partial charge on any atom is -0.508 e. The summed E-state index contributed by atoms with van der Waals surface area (Å²) in [4.78, 5) is 86.8. The number of aryl methyl sites for hydroxylation is 2. The molecule has 0 aliphatic carbocycles. The molecule has 0 spiro atoms. The van der Waals surface area contributed by atoms with Crippen molar-refractivity contribution in [3.63, 3.8) is 0 Å². The van der Waals surface area contributed by atoms with E-state index in [1.807, 2.05) is 6.92 Å². The number of amides is 3. The van der Waals surface area contributed by atoms with Crippen molar-refractivity contribution in [2.75, 3.05) is 31.2 Å². The molecule has 0 atom stereocenters. The van der Waals surface area contributed by atoms with E-state index < -0.39 is 151 Å². The molecule has 4 heterocycles. The highest BCUT2D eigenvalue weighted by molar-refractivity contribution is 6.67. The fourth-order valence-corrected chi connectivity index (χ4v) is 9.20. The maximum Gasteiger partial charge on any atom is 0.573 e. The zero-order valence-corrected chi connectivity index (χ0v) is 62.6. The van der Waals surface area contributed by atoms with Gasteiger partial charge in [0, 0.05) is 36.7 Å². The lowest BCUT2D eigenvalue weighted by Gasteiger charge is -2.17. The number of phenolic OH excluding ortho intramolecular Hbond substituents is 1. The van der Waals surface area contributed by atoms with Crippen molar-refractivity contribution < 1.29 is 155 Å². The number of nitrogens with zero attached hydrogens (tertiary/aromatic N) is 6. The highest BCUT2D eigenvalue weighted by atomic mass is 35.5. The van der Waals surface area contributed by atoms with Crippen LogP contribution in [0.25, 0.3) is 0 Å². The Morgan fingerprint density at radius 2 is 0.835 bits per heavy atom. The second kappa shape index (κ2) is 42.4. The van der Waals surface area contributed by atoms with Crippen LogP contribution in [0.5, 0.6) is 28.7 Å². The van der Waals surface area contributed by atoms with Gasteiger partial charge in [-0.1, -0.05) is 23.2 Å². The van der Waals surface area contributed by atoms with E-state index in [-0.39, 0.29) is 88.0 Å². The lowest BCUT2D eigenvalue weighted by molar-refractivity contribution is -0.274. The van der Waals surface area contributed by atoms with Crippen LogP contribution in [-0.4, -0.2) is 110 Å². The number of halogens is 25. The number of carboxylic acids is 1. The maximum absolute atomic E-state index is 13.6. The number of ether oxygens (including phenoxy) is 3. The Kier molecular flexibility index (Phi) is 34.5. The number of ketones is 2. The van der Waals surface area contributed by atoms with Gasteiger partial charge in [-0.25, -0.2) is 22.4 Å². The summed E-state index contributed by atoms with van der Waals surface area (Å²) < 4.78 is 290. The molecule has 0 unspecified atom stereocenters. The Hall–Kier alpha value is -13.3. The van der Waals surface area contributed by atoms with Gasteiger partial charge in [-0.05, 0) is 164 Å². The molecule has 2 aliphatic rings. The van der Waals surface area contributed by atoms with Gasteiger partial charge in [-0.15, -0.1) is 23.4 Å². The third-order valence-corrected chi connectivity index (χ3v) is 14.9. The predicted octanol–water partition coefficient (Wildman–Crippen LogP) is 18.8. The first kappa shape index (κ1) is 98.3. The van der Waals surface area contributed by atoms with E-state index in [0.717, 1.165) is 66.1 Å². The summed E-state index contributed by atoms with van der Waals surface area (Å²) in [7, 11) is 1.60. The molecule has 121 heavy (non-hydrogen) atoms. The Morgan fingerprint density at radius 1 is 0.455 bits per heavy atom. The van der Waals surface area contributed by atoms with Gasteiger partial charge >= 0.3 is 43.2 Å². The molecule has 0 saturated heterocycles. The minimum absolute atomic E-state index is 0.000640. The molecule has 11 rings (SSSR count). The number of carbonyl (C=O) groups is 7. The first-order chi connectivity index (χ1) is 56.0. The van der Waals surface area contributed by atoms with E-state index in [1.165, 1.54) is 37.7 Å². The SMILES string of the molecule is COc1ccc(O)c(C)c1.Cc1cc(OC(F)(F)F)ccc1Oc1cc(C(F)(F)F)ccc1C(=O)NC1=CC(=O)CN=C1.Nc1cnnc(Cl)c1.O=C(Cl)c1ccc(C(F)(F)F)cc1F.O=C(Nc1cnnc(Cl)c1)c1ccc(C(F)(F)F)cc1F.O=C(O)c1ccc(C(F)(F)F)cc1F.O=C1C=C(NC(=O)c2ccc(C(F)(F)F)cc2F)C=NC1. The van der Waals surface area contributed by atoms with Crippen molar-refractivity contribution in [1.82, 2.24) is 31.0 Å². The molecule has 22 nitrogen and oxygen atoms in total. The summed E-state index contributed by atoms with van der Waals surface area (Å²) in [5, 5.41) is 37.3. The van der Waals surface area contributed by atoms with Gasteiger partial charge in [0.2, 0.25) is 0 Å². The second-order valence-electron chi connectivity index (χ2n) is 23.3. The number of nitrogens with two attached hydrogens (primary N) is 1. The summed E-state index contributed by atoms with van der Waals surface area (Å²) >= 11 is 15.9. The fraction of sp³-hybridized carbons (Fsp3) is 0.149. The summed E-state index contributed by atoms with van der Waals surface area (Å²) in [5.74, 6) is -10.4. The lowest BCUT2D eigenvalue weighted by Crippen LogP contribution is -2.27. The zero-order valence-electron chi connectivity index (χ0n) is 60.3. The van der Waals surface area contributed by atoms with Crippen LogP contribution in [0, 0.1) is 37.1 Å². The molecule has 2 aliphatic heterocycles. The number of anilines is 2. The zero-order chi connectivity index (χ0) is 91.0. The Morgan fingerprint density at radius 3 is 1.19 bits per heavy atom. The summed E-state index contributed by atoms with van der Waals surface area (Å²) in [6, 6.07) is 19.0. The number of hydrogen-bond donors (Lipinski definition) is 6. The highest BCUT2D eigenvalue weighted by Crippen LogP contribution is 2.39. The summed E-state index contributed by atoms with van der Waals surface area (Å²) in [6.45, 7) is 3.04. The van der Waals surface area contributed by atoms with Crippen LogP contribution < -0.4 is 35.9 Å². The molecule has 3 amide bonds. The van der Waals surface area contributed by atoms with Crippen LogP contribution in [0.3, 0.4) is 0 Å². The van der Waals surface area contributed by atoms with E-state index in [4.69, 9.17) is 60.2 Å². The lowest BCUT2D eigenvalue weighted by atomic mass is 10.1. The molecular weight excluding hydrogens is 1750 g/mol. The fourth-order valence-electron chi connectivity index (χ4n) is 8.72. The average molecular weight is 1790 g/mol. The Bertz CT molecular complexity index is 5340. The molecule has 0 bridgehead atoms. The molecular formula is C74H49Cl3F22N10O12. The molecule has 0 saturated carbocycles. The average Bonchev–Trinajstić information content (AvgIpc) is 0.800. The summed E-state index contributed by atoms with van der Waals surface area (Å²) in [6.07, 6.45) is -21.1. The van der Waals surface area contributed by atoms with Crippen LogP contribution in [-0.2, 0) is 40.5 Å². The maximum atomic E-state index is 13.6. The normalized spacial score (nSPS) is 12.4. The molecule has 7 N–H and O–H groups in total. The van der Waals surface area contributed by atoms with Gasteiger partial charge in [0.25, 0.3) is 23.0 Å². The third-order valence-electron chi connectivity index (χ3n) is 14.3. The number of alkyl halides is 18. The number of aliphatic imine (C=N–C) groups is 2. The first-order valence-corrected chi connectivity index (χ1v) is 33.3. The summed E-state index contributed by atoms with van der Waals surface area (Å²) in [5.41, 5.74) is -1.63. The van der Waals surface area contributed by atoms with Crippen LogP contribution in [0.1, 0.15) is 90.7 Å². The van der Waals surface area contributed by atoms with Crippen molar-refractivity contribution in [2.24, 2.45) is 9.98 Å². The monoisotopic (exact) mass is 1790 g/mol. The van der Waals surface area contributed by atoms with E-state index >= 15 is 0 Å². The molecule has 2 aromatic heterocycles. The molecule has 0 fully saturated rings. The number of methoxy groups -OCH3 is 1. The van der Waals surface area contributed by atoms with Crippen molar-refractivity contribution in [3.8, 4) is 28.7 Å². The molecule has 7 aromatic carbocycles. The first-order valence-electron chi connectivity index (χ1n) is 32.2.